The third-order valence-corrected chi connectivity index (χ3v) is 8.30. The molecule has 0 bridgehead atoms. The van der Waals surface area contributed by atoms with Gasteiger partial charge in [0.2, 0.25) is 5.91 Å². The van der Waals surface area contributed by atoms with Gasteiger partial charge in [-0.25, -0.2) is 0 Å². The van der Waals surface area contributed by atoms with Crippen LogP contribution in [0.1, 0.15) is 52.8 Å². The number of nitrogens with one attached hydrogen (secondary N) is 1. The zero-order chi connectivity index (χ0) is 25.4. The minimum atomic E-state index is -0.452. The molecular weight excluding hydrogens is 500 g/mol. The van der Waals surface area contributed by atoms with Crippen molar-refractivity contribution < 1.29 is 14.4 Å². The van der Waals surface area contributed by atoms with E-state index >= 15 is 0 Å². The van der Waals surface area contributed by atoms with Crippen LogP contribution < -0.4 is 10.2 Å². The summed E-state index contributed by atoms with van der Waals surface area (Å²) in [7, 11) is 0. The number of unbranched alkanes of at least 4 members (excludes halogenated alkanes) is 2. The van der Waals surface area contributed by atoms with Crippen molar-refractivity contribution in [1.82, 2.24) is 15.1 Å². The minimum Gasteiger partial charge on any atom is -0.339 e. The van der Waals surface area contributed by atoms with Crippen LogP contribution in [0.15, 0.2) is 66.7 Å². The fraction of sp³-hybridized carbons (Fsp3) is 0.367. The van der Waals surface area contributed by atoms with Gasteiger partial charge in [-0.2, -0.15) is 0 Å². The van der Waals surface area contributed by atoms with Crippen LogP contribution in [0.4, 0.5) is 5.69 Å². The molecule has 6 rings (SSSR count). The van der Waals surface area contributed by atoms with Crippen LogP contribution in [0.2, 0.25) is 0 Å². The number of carbonyl (C=O) groups excluding carboxylic acids is 3. The molecule has 1 spiro atoms. The van der Waals surface area contributed by atoms with Gasteiger partial charge in [-0.05, 0) is 61.9 Å². The first kappa shape index (κ1) is 26.2. The minimum absolute atomic E-state index is 0. The molecule has 2 saturated heterocycles. The molecular formula is C30H33ClN4O3. The summed E-state index contributed by atoms with van der Waals surface area (Å²) in [5, 5.41) is 4.77. The van der Waals surface area contributed by atoms with Crippen LogP contribution in [0, 0.1) is 0 Å². The quantitative estimate of drug-likeness (QED) is 0.359. The Kier molecular flexibility index (Phi) is 7.41. The first-order valence-electron chi connectivity index (χ1n) is 13.3. The van der Waals surface area contributed by atoms with Gasteiger partial charge in [0.25, 0.3) is 11.8 Å². The average Bonchev–Trinajstić information content (AvgIpc) is 3.25. The molecule has 0 aromatic heterocycles. The maximum Gasteiger partial charge on any atom is 0.261 e. The fourth-order valence-electron chi connectivity index (χ4n) is 6.24. The van der Waals surface area contributed by atoms with E-state index < -0.39 is 5.54 Å². The number of carbonyl (C=O) groups is 3. The van der Waals surface area contributed by atoms with Crippen molar-refractivity contribution in [3.63, 3.8) is 0 Å². The summed E-state index contributed by atoms with van der Waals surface area (Å²) in [6, 6.07) is 21.5. The molecule has 0 saturated carbocycles. The number of hydrogen-bond donors (Lipinski definition) is 1. The summed E-state index contributed by atoms with van der Waals surface area (Å²) < 4.78 is 0. The van der Waals surface area contributed by atoms with E-state index in [1.165, 1.54) is 4.90 Å². The molecule has 3 heterocycles. The van der Waals surface area contributed by atoms with E-state index in [2.05, 4.69) is 27.2 Å². The second kappa shape index (κ2) is 10.8. The normalized spacial score (nSPS) is 18.7. The van der Waals surface area contributed by atoms with Crippen LogP contribution >= 0.6 is 12.4 Å². The van der Waals surface area contributed by atoms with Gasteiger partial charge in [0.05, 0.1) is 6.67 Å². The maximum atomic E-state index is 13.1. The highest BCUT2D eigenvalue weighted by molar-refractivity contribution is 6.25. The van der Waals surface area contributed by atoms with Crippen LogP contribution in [-0.2, 0) is 4.79 Å². The molecule has 198 valence electrons. The lowest BCUT2D eigenvalue weighted by Crippen LogP contribution is -2.56. The number of benzene rings is 3. The first-order valence-corrected chi connectivity index (χ1v) is 13.3. The van der Waals surface area contributed by atoms with Gasteiger partial charge in [0.15, 0.2) is 0 Å². The van der Waals surface area contributed by atoms with Gasteiger partial charge in [0.1, 0.15) is 5.54 Å². The standard InChI is InChI=1S/C30H32N4O3.ClH/c35-27-24-13-7-9-22-10-8-14-25(26(22)24)28(36)33(27)18-6-2-5-17-32-19-15-30(16-20-32)29(37)31-21-34(30)23-11-3-1-4-12-23;/h1,3-4,7-14H,2,5-6,15-21H2,(H,31,37);1H. The van der Waals surface area contributed by atoms with E-state index in [-0.39, 0.29) is 30.1 Å². The van der Waals surface area contributed by atoms with Gasteiger partial charge in [-0.1, -0.05) is 48.9 Å². The van der Waals surface area contributed by atoms with Crippen molar-refractivity contribution in [3.8, 4) is 0 Å². The monoisotopic (exact) mass is 532 g/mol. The van der Waals surface area contributed by atoms with Crippen LogP contribution in [0.25, 0.3) is 10.8 Å². The van der Waals surface area contributed by atoms with Gasteiger partial charge in [-0.15, -0.1) is 12.4 Å². The van der Waals surface area contributed by atoms with Crippen molar-refractivity contribution in [3.05, 3.63) is 77.9 Å². The van der Waals surface area contributed by atoms with E-state index in [1.54, 1.807) is 0 Å². The molecule has 0 radical (unpaired) electrons. The van der Waals surface area contributed by atoms with Crippen LogP contribution in [0.3, 0.4) is 0 Å². The summed E-state index contributed by atoms with van der Waals surface area (Å²) >= 11 is 0. The Morgan fingerprint density at radius 3 is 2.03 bits per heavy atom. The Balaban J connectivity index is 0.00000294. The number of halogens is 1. The molecule has 3 aliphatic rings. The van der Waals surface area contributed by atoms with Gasteiger partial charge >= 0.3 is 0 Å². The van der Waals surface area contributed by atoms with E-state index in [0.717, 1.165) is 68.2 Å². The van der Waals surface area contributed by atoms with Crippen LogP contribution in [-0.4, -0.2) is 65.9 Å². The molecule has 8 heteroatoms. The second-order valence-corrected chi connectivity index (χ2v) is 10.3. The van der Waals surface area contributed by atoms with E-state index in [4.69, 9.17) is 0 Å². The van der Waals surface area contributed by atoms with Gasteiger partial charge < -0.3 is 15.1 Å². The Bertz CT molecular complexity index is 1300. The number of hydrogen-bond acceptors (Lipinski definition) is 5. The summed E-state index contributed by atoms with van der Waals surface area (Å²) in [6.07, 6.45) is 4.37. The third kappa shape index (κ3) is 4.44. The lowest BCUT2D eigenvalue weighted by atomic mass is 9.85. The second-order valence-electron chi connectivity index (χ2n) is 10.3. The topological polar surface area (TPSA) is 73.0 Å². The van der Waals surface area contributed by atoms with Crippen LogP contribution in [0.5, 0.6) is 0 Å². The maximum absolute atomic E-state index is 13.1. The Hall–Kier alpha value is -3.42. The molecule has 3 amide bonds. The van der Waals surface area contributed by atoms with Crippen molar-refractivity contribution >= 4 is 46.6 Å². The number of likely N-dealkylation sites (tertiary alicyclic amines) is 1. The molecule has 3 aromatic carbocycles. The molecule has 1 N–H and O–H groups in total. The third-order valence-electron chi connectivity index (χ3n) is 8.30. The SMILES string of the molecule is Cl.O=C1c2cccc3cccc(c23)C(=O)N1CCCCCN1CCC2(CC1)C(=O)NCN2c1ccccc1. The summed E-state index contributed by atoms with van der Waals surface area (Å²) in [6.45, 7) is 3.75. The lowest BCUT2D eigenvalue weighted by Gasteiger charge is -2.43. The Morgan fingerprint density at radius 2 is 1.37 bits per heavy atom. The molecule has 38 heavy (non-hydrogen) atoms. The summed E-state index contributed by atoms with van der Waals surface area (Å²) in [5.41, 5.74) is 1.88. The zero-order valence-electron chi connectivity index (χ0n) is 21.4. The summed E-state index contributed by atoms with van der Waals surface area (Å²) in [5.74, 6) is -0.231. The summed E-state index contributed by atoms with van der Waals surface area (Å²) in [4.78, 5) is 45.1. The van der Waals surface area contributed by atoms with Crippen molar-refractivity contribution in [2.45, 2.75) is 37.6 Å². The number of anilines is 1. The first-order chi connectivity index (χ1) is 18.1. The highest BCUT2D eigenvalue weighted by Gasteiger charge is 2.50. The molecule has 7 nitrogen and oxygen atoms in total. The van der Waals surface area contributed by atoms with Crippen molar-refractivity contribution in [1.29, 1.82) is 0 Å². The van der Waals surface area contributed by atoms with E-state index in [9.17, 15) is 14.4 Å². The predicted molar refractivity (Wildman–Crippen MR) is 151 cm³/mol. The molecule has 0 unspecified atom stereocenters. The largest absolute Gasteiger partial charge is 0.339 e. The van der Waals surface area contributed by atoms with Gasteiger partial charge in [0, 0.05) is 41.8 Å². The van der Waals surface area contributed by atoms with Gasteiger partial charge in [-0.3, -0.25) is 19.3 Å². The smallest absolute Gasteiger partial charge is 0.261 e. The Labute approximate surface area is 229 Å². The number of amides is 3. The highest BCUT2D eigenvalue weighted by Crippen LogP contribution is 2.36. The van der Waals surface area contributed by atoms with E-state index in [1.807, 2.05) is 54.6 Å². The molecule has 3 aliphatic heterocycles. The zero-order valence-corrected chi connectivity index (χ0v) is 22.2. The fourth-order valence-corrected chi connectivity index (χ4v) is 6.24. The van der Waals surface area contributed by atoms with E-state index in [0.29, 0.717) is 24.3 Å². The number of piperidine rings is 1. The number of imide groups is 1. The highest BCUT2D eigenvalue weighted by atomic mass is 35.5. The number of para-hydroxylation sites is 1. The number of nitrogens with zero attached hydrogens (tertiary/aromatic N) is 3. The lowest BCUT2D eigenvalue weighted by molar-refractivity contribution is -0.125. The Morgan fingerprint density at radius 1 is 0.737 bits per heavy atom. The number of rotatable bonds is 7. The van der Waals surface area contributed by atoms with Crippen molar-refractivity contribution in [2.75, 3.05) is 37.7 Å². The molecule has 0 atom stereocenters. The predicted octanol–water partition coefficient (Wildman–Crippen LogP) is 4.46. The molecule has 2 fully saturated rings. The molecule has 3 aromatic rings. The average molecular weight is 533 g/mol. The molecule has 0 aliphatic carbocycles. The van der Waals surface area contributed by atoms with Crippen molar-refractivity contribution in [2.24, 2.45) is 0 Å².